The first-order valence-electron chi connectivity index (χ1n) is 12.1. The van der Waals surface area contributed by atoms with Gasteiger partial charge in [-0.15, -0.1) is 0 Å². The molecule has 2 aromatic heterocycles. The van der Waals surface area contributed by atoms with Crippen LogP contribution in [0.4, 0.5) is 0 Å². The van der Waals surface area contributed by atoms with Gasteiger partial charge < -0.3 is 14.8 Å². The van der Waals surface area contributed by atoms with Gasteiger partial charge in [0.2, 0.25) is 16.6 Å². The Bertz CT molecular complexity index is 1400. The van der Waals surface area contributed by atoms with Crippen molar-refractivity contribution >= 4 is 33.9 Å². The van der Waals surface area contributed by atoms with Crippen molar-refractivity contribution in [3.8, 4) is 11.3 Å². The van der Waals surface area contributed by atoms with Gasteiger partial charge in [-0.1, -0.05) is 29.8 Å². The molecule has 0 radical (unpaired) electrons. The lowest BCUT2D eigenvalue weighted by Crippen LogP contribution is -2.24. The quantitative estimate of drug-likeness (QED) is 0.355. The first-order chi connectivity index (χ1) is 17.3. The van der Waals surface area contributed by atoms with Crippen LogP contribution in [0, 0.1) is 18.8 Å². The molecule has 5 rings (SSSR count). The maximum Gasteiger partial charge on any atom is 0.306 e. The number of carboxylic acids is 1. The van der Waals surface area contributed by atoms with E-state index in [4.69, 9.17) is 14.5 Å². The van der Waals surface area contributed by atoms with Crippen LogP contribution in [0.5, 0.6) is 0 Å². The molecule has 2 atom stereocenters. The van der Waals surface area contributed by atoms with Gasteiger partial charge >= 0.3 is 5.97 Å². The van der Waals surface area contributed by atoms with E-state index in [0.29, 0.717) is 35.2 Å². The molecule has 36 heavy (non-hydrogen) atoms. The van der Waals surface area contributed by atoms with Gasteiger partial charge in [-0.05, 0) is 56.1 Å². The Hall–Kier alpha value is -3.24. The first kappa shape index (κ1) is 24.5. The largest absolute Gasteiger partial charge is 0.481 e. The fraction of sp³-hybridized carbons (Fsp3) is 0.423. The van der Waals surface area contributed by atoms with Gasteiger partial charge in [0.15, 0.2) is 0 Å². The van der Waals surface area contributed by atoms with Crippen LogP contribution in [0.3, 0.4) is 0 Å². The van der Waals surface area contributed by atoms with Crippen molar-refractivity contribution < 1.29 is 27.5 Å². The number of nitrogens with zero attached hydrogens (tertiary/aromatic N) is 2. The summed E-state index contributed by atoms with van der Waals surface area (Å²) >= 11 is 0. The van der Waals surface area contributed by atoms with Crippen molar-refractivity contribution in [3.05, 3.63) is 52.7 Å². The molecule has 3 aromatic rings. The molecule has 0 aliphatic heterocycles. The van der Waals surface area contributed by atoms with Crippen LogP contribution < -0.4 is 5.32 Å². The maximum atomic E-state index is 12.9. The minimum absolute atomic E-state index is 0.00977. The minimum atomic E-state index is -2.88. The predicted molar refractivity (Wildman–Crippen MR) is 134 cm³/mol. The first-order valence-corrected chi connectivity index (χ1v) is 13.3. The van der Waals surface area contributed by atoms with Gasteiger partial charge in [0, 0.05) is 19.2 Å². The molecule has 1 amide bonds. The summed E-state index contributed by atoms with van der Waals surface area (Å²) < 4.78 is 31.6. The minimum Gasteiger partial charge on any atom is -0.481 e. The number of pyridine rings is 1. The van der Waals surface area contributed by atoms with E-state index in [9.17, 15) is 18.0 Å². The number of carboxylic acid groups (broad SMARTS) is 1. The molecule has 0 saturated heterocycles. The van der Waals surface area contributed by atoms with Gasteiger partial charge in [-0.2, -0.15) is 4.31 Å². The number of benzene rings is 1. The van der Waals surface area contributed by atoms with E-state index in [1.807, 2.05) is 37.3 Å². The summed E-state index contributed by atoms with van der Waals surface area (Å²) in [6, 6.07) is 9.62. The summed E-state index contributed by atoms with van der Waals surface area (Å²) in [6.07, 6.45) is 3.04. The Balaban J connectivity index is 1.52. The zero-order valence-corrected chi connectivity index (χ0v) is 21.1. The number of nitrogens with one attached hydrogen (secondary N) is 1. The second-order valence-corrected chi connectivity index (χ2v) is 10.8. The average Bonchev–Trinajstić information content (AvgIpc) is 3.77. The Kier molecular flexibility index (Phi) is 6.57. The number of furan rings is 1. The highest BCUT2D eigenvalue weighted by Crippen LogP contribution is 2.45. The monoisotopic (exact) mass is 511 g/mol. The van der Waals surface area contributed by atoms with E-state index in [1.165, 1.54) is 4.31 Å². The van der Waals surface area contributed by atoms with E-state index in [1.54, 1.807) is 7.05 Å². The van der Waals surface area contributed by atoms with Crippen molar-refractivity contribution in [2.45, 2.75) is 45.1 Å². The molecule has 2 N–H and O–H groups in total. The number of carbonyl (C=O) groups is 2. The van der Waals surface area contributed by atoms with Crippen LogP contribution in [-0.2, 0) is 22.2 Å². The van der Waals surface area contributed by atoms with E-state index in [-0.39, 0.29) is 42.5 Å². The number of rotatable bonds is 10. The zero-order valence-electron chi connectivity index (χ0n) is 20.2. The van der Waals surface area contributed by atoms with E-state index in [0.717, 1.165) is 29.5 Å². The fourth-order valence-corrected chi connectivity index (χ4v) is 5.31. The number of aromatic nitrogens is 1. The normalized spacial score (nSPS) is 19.2. The fourth-order valence-electron chi connectivity index (χ4n) is 4.78. The van der Waals surface area contributed by atoms with E-state index >= 15 is 0 Å². The Morgan fingerprint density at radius 1 is 1.22 bits per heavy atom. The molecule has 0 unspecified atom stereocenters. The highest BCUT2D eigenvalue weighted by molar-refractivity contribution is 7.69. The number of amides is 1. The maximum absolute atomic E-state index is 12.9. The Morgan fingerprint density at radius 3 is 2.53 bits per heavy atom. The van der Waals surface area contributed by atoms with Crippen LogP contribution in [0.2, 0.25) is 0 Å². The van der Waals surface area contributed by atoms with Crippen LogP contribution >= 0.6 is 0 Å². The summed E-state index contributed by atoms with van der Waals surface area (Å²) in [5.41, 5.74) is 4.09. The molecular weight excluding hydrogens is 482 g/mol. The third-order valence-corrected chi connectivity index (χ3v) is 7.94. The number of hydrogen-bond acceptors (Lipinski definition) is 6. The topological polar surface area (TPSA) is 130 Å². The molecule has 2 saturated carbocycles. The van der Waals surface area contributed by atoms with Gasteiger partial charge in [0.1, 0.15) is 5.76 Å². The van der Waals surface area contributed by atoms with Gasteiger partial charge in [-0.3, -0.25) is 9.59 Å². The smallest absolute Gasteiger partial charge is 0.306 e. The van der Waals surface area contributed by atoms with Crippen molar-refractivity contribution in [1.82, 2.24) is 14.6 Å². The molecule has 1 aromatic carbocycles. The van der Waals surface area contributed by atoms with E-state index in [2.05, 4.69) is 5.32 Å². The summed E-state index contributed by atoms with van der Waals surface area (Å²) in [4.78, 5) is 28.8. The summed E-state index contributed by atoms with van der Waals surface area (Å²) in [6.45, 7) is 2.31. The van der Waals surface area contributed by atoms with Crippen LogP contribution in [0.15, 0.2) is 34.7 Å². The Morgan fingerprint density at radius 2 is 1.94 bits per heavy atom. The third kappa shape index (κ3) is 4.87. The molecule has 0 bridgehead atoms. The number of hydrogen-bond donors (Lipinski definition) is 3. The summed E-state index contributed by atoms with van der Waals surface area (Å²) in [7, 11) is -1.31. The van der Waals surface area contributed by atoms with E-state index < -0.39 is 16.9 Å². The number of aryl methyl sites for hydroxylation is 1. The zero-order chi connectivity index (χ0) is 25.6. The van der Waals surface area contributed by atoms with Crippen LogP contribution in [0.1, 0.15) is 58.8 Å². The predicted octanol–water partition coefficient (Wildman–Crippen LogP) is 3.48. The Labute approximate surface area is 210 Å². The average molecular weight is 512 g/mol. The van der Waals surface area contributed by atoms with Crippen molar-refractivity contribution in [2.24, 2.45) is 11.8 Å². The highest BCUT2D eigenvalue weighted by atomic mass is 32.2. The van der Waals surface area contributed by atoms with Crippen LogP contribution in [-0.4, -0.2) is 48.3 Å². The van der Waals surface area contributed by atoms with Crippen LogP contribution in [0.25, 0.3) is 22.4 Å². The number of thiol groups is 1. The van der Waals surface area contributed by atoms with Crippen molar-refractivity contribution in [2.75, 3.05) is 13.6 Å². The van der Waals surface area contributed by atoms with Crippen molar-refractivity contribution in [1.29, 1.82) is 0 Å². The summed E-state index contributed by atoms with van der Waals surface area (Å²) in [5.74, 6) is -0.776. The third-order valence-electron chi connectivity index (χ3n) is 7.14. The number of aliphatic carboxylic acids is 1. The molecule has 0 spiro atoms. The lowest BCUT2D eigenvalue weighted by atomic mass is 10.0. The molecule has 10 heteroatoms. The number of fused-ring (bicyclic) bond motifs is 1. The summed E-state index contributed by atoms with van der Waals surface area (Å²) in [5, 5.41) is 12.4. The molecule has 190 valence electrons. The molecule has 2 heterocycles. The lowest BCUT2D eigenvalue weighted by Gasteiger charge is -2.17. The molecular formula is C26H29N3O6S. The number of carbonyl (C=O) groups excluding carboxylic acids is 1. The molecule has 2 fully saturated rings. The van der Waals surface area contributed by atoms with Gasteiger partial charge in [-0.25, -0.2) is 13.4 Å². The standard InChI is InChI=1S/C26H29N3O6S/c1-14-3-5-16(6-4-14)23-22(24(30)27-2)20-12-18(15-7-8-15)21(28-25(20)35-23)13-29(36(33)34)10-9-17-11-19(17)26(31)32/h3-6,12,15,17,19,36H,7-11,13H2,1-2H3,(H,27,30)(H,31,32)/t17-,19-/m1/s1. The van der Waals surface area contributed by atoms with Gasteiger partial charge in [0.05, 0.1) is 29.1 Å². The van der Waals surface area contributed by atoms with Gasteiger partial charge in [0.25, 0.3) is 5.91 Å². The van der Waals surface area contributed by atoms with Crippen molar-refractivity contribution in [3.63, 3.8) is 0 Å². The molecule has 9 nitrogen and oxygen atoms in total. The molecule has 2 aliphatic carbocycles. The molecule has 2 aliphatic rings. The SMILES string of the molecule is CNC(=O)c1c(-c2ccc(C)cc2)oc2nc(CN(CC[C@@H]3C[C@H]3C(=O)O)[SH](=O)=O)c(C3CC3)cc12. The second-order valence-electron chi connectivity index (χ2n) is 9.76. The highest BCUT2D eigenvalue weighted by Gasteiger charge is 2.43. The lowest BCUT2D eigenvalue weighted by molar-refractivity contribution is -0.138. The second kappa shape index (κ2) is 9.67.